The molecule has 8 heteroatoms. The van der Waals surface area contributed by atoms with Gasteiger partial charge in [0.2, 0.25) is 10.0 Å². The van der Waals surface area contributed by atoms with Gasteiger partial charge in [-0.05, 0) is 55.0 Å². The molecule has 1 unspecified atom stereocenters. The zero-order chi connectivity index (χ0) is 15.5. The van der Waals surface area contributed by atoms with Gasteiger partial charge >= 0.3 is 0 Å². The quantitative estimate of drug-likeness (QED) is 0.740. The largest absolute Gasteiger partial charge is 0.312 e. The second kappa shape index (κ2) is 7.52. The van der Waals surface area contributed by atoms with E-state index in [4.69, 9.17) is 0 Å². The van der Waals surface area contributed by atoms with E-state index in [0.717, 1.165) is 30.8 Å². The first-order chi connectivity index (χ1) is 9.94. The minimum atomic E-state index is -3.45. The normalized spacial score (nSPS) is 20.2. The van der Waals surface area contributed by atoms with Gasteiger partial charge in [-0.2, -0.15) is 0 Å². The van der Waals surface area contributed by atoms with Crippen LogP contribution in [0.3, 0.4) is 0 Å². The van der Waals surface area contributed by atoms with Gasteiger partial charge < -0.3 is 10.2 Å². The molecule has 1 fully saturated rings. The lowest BCUT2D eigenvalue weighted by molar-refractivity contribution is 0.311. The first kappa shape index (κ1) is 17.4. The SMILES string of the molecule is CCNCc1cc(S(=O)(=O)NCC2CCCN2C)c(Br)s1. The molecule has 0 amide bonds. The molecule has 0 aromatic carbocycles. The molecule has 1 aliphatic rings. The predicted molar refractivity (Wildman–Crippen MR) is 90.2 cm³/mol. The van der Waals surface area contributed by atoms with Crippen LogP contribution in [0.1, 0.15) is 24.6 Å². The van der Waals surface area contributed by atoms with Crippen molar-refractivity contribution in [3.63, 3.8) is 0 Å². The van der Waals surface area contributed by atoms with E-state index < -0.39 is 10.0 Å². The molecule has 1 atom stereocenters. The van der Waals surface area contributed by atoms with Gasteiger partial charge in [0.1, 0.15) is 4.90 Å². The fraction of sp³-hybridized carbons (Fsp3) is 0.692. The number of hydrogen-bond donors (Lipinski definition) is 2. The Kier molecular flexibility index (Phi) is 6.22. The van der Waals surface area contributed by atoms with Crippen molar-refractivity contribution in [3.8, 4) is 0 Å². The Morgan fingerprint density at radius 2 is 2.29 bits per heavy atom. The molecule has 0 aliphatic carbocycles. The van der Waals surface area contributed by atoms with Crippen molar-refractivity contribution >= 4 is 37.3 Å². The number of halogens is 1. The van der Waals surface area contributed by atoms with Gasteiger partial charge in [0.15, 0.2) is 0 Å². The van der Waals surface area contributed by atoms with E-state index >= 15 is 0 Å². The van der Waals surface area contributed by atoms with Crippen molar-refractivity contribution in [3.05, 3.63) is 14.7 Å². The van der Waals surface area contributed by atoms with E-state index in [-0.39, 0.29) is 0 Å². The smallest absolute Gasteiger partial charge is 0.242 e. The van der Waals surface area contributed by atoms with Crippen LogP contribution in [0.15, 0.2) is 14.7 Å². The molecular weight excluding hydrogens is 374 g/mol. The van der Waals surface area contributed by atoms with Crippen LogP contribution in [0.25, 0.3) is 0 Å². The van der Waals surface area contributed by atoms with Gasteiger partial charge in [-0.25, -0.2) is 13.1 Å². The lowest BCUT2D eigenvalue weighted by Gasteiger charge is -2.19. The first-order valence-corrected chi connectivity index (χ1v) is 10.2. The summed E-state index contributed by atoms with van der Waals surface area (Å²) in [5.41, 5.74) is 0. The zero-order valence-electron chi connectivity index (χ0n) is 12.4. The van der Waals surface area contributed by atoms with Gasteiger partial charge in [-0.1, -0.05) is 6.92 Å². The average molecular weight is 396 g/mol. The summed E-state index contributed by atoms with van der Waals surface area (Å²) < 4.78 is 28.3. The van der Waals surface area contributed by atoms with Crippen molar-refractivity contribution in [2.45, 2.75) is 37.2 Å². The number of likely N-dealkylation sites (tertiary alicyclic amines) is 1. The molecule has 0 bridgehead atoms. The summed E-state index contributed by atoms with van der Waals surface area (Å²) in [5, 5.41) is 3.21. The molecular formula is C13H22BrN3O2S2. The molecule has 0 spiro atoms. The highest BCUT2D eigenvalue weighted by atomic mass is 79.9. The highest BCUT2D eigenvalue weighted by Crippen LogP contribution is 2.31. The Morgan fingerprint density at radius 1 is 1.52 bits per heavy atom. The van der Waals surface area contributed by atoms with Gasteiger partial charge in [-0.3, -0.25) is 0 Å². The monoisotopic (exact) mass is 395 g/mol. The van der Waals surface area contributed by atoms with Crippen LogP contribution in [0.4, 0.5) is 0 Å². The maximum Gasteiger partial charge on any atom is 0.242 e. The Morgan fingerprint density at radius 3 is 2.90 bits per heavy atom. The minimum absolute atomic E-state index is 0.304. The third-order valence-corrected chi connectivity index (χ3v) is 7.40. The summed E-state index contributed by atoms with van der Waals surface area (Å²) in [6.07, 6.45) is 2.19. The standard InChI is InChI=1S/C13H22BrN3O2S2/c1-3-15-9-11-7-12(13(14)20-11)21(18,19)16-8-10-5-4-6-17(10)2/h7,10,15-16H,3-6,8-9H2,1-2H3. The zero-order valence-corrected chi connectivity index (χ0v) is 15.6. The molecule has 0 radical (unpaired) electrons. The van der Waals surface area contributed by atoms with Crippen LogP contribution < -0.4 is 10.0 Å². The van der Waals surface area contributed by atoms with E-state index in [2.05, 4.69) is 30.9 Å². The summed E-state index contributed by atoms with van der Waals surface area (Å²) in [4.78, 5) is 3.57. The fourth-order valence-electron chi connectivity index (χ4n) is 2.44. The summed E-state index contributed by atoms with van der Waals surface area (Å²) in [6, 6.07) is 2.05. The van der Waals surface area contributed by atoms with Crippen molar-refractivity contribution < 1.29 is 8.42 Å². The third-order valence-electron chi connectivity index (χ3n) is 3.73. The van der Waals surface area contributed by atoms with Crippen molar-refractivity contribution in [2.75, 3.05) is 26.7 Å². The average Bonchev–Trinajstić information content (AvgIpc) is 3.00. The molecule has 1 aromatic heterocycles. The van der Waals surface area contributed by atoms with E-state index in [1.54, 1.807) is 6.07 Å². The van der Waals surface area contributed by atoms with E-state index in [1.165, 1.54) is 11.3 Å². The Labute approximate surface area is 139 Å². The van der Waals surface area contributed by atoms with Gasteiger partial charge in [0.05, 0.1) is 3.79 Å². The van der Waals surface area contributed by atoms with Gasteiger partial charge in [0, 0.05) is 24.0 Å². The molecule has 2 N–H and O–H groups in total. The Bertz CT molecular complexity index is 574. The number of sulfonamides is 1. The van der Waals surface area contributed by atoms with Gasteiger partial charge in [-0.15, -0.1) is 11.3 Å². The lowest BCUT2D eigenvalue weighted by Crippen LogP contribution is -2.38. The maximum atomic E-state index is 12.4. The molecule has 1 saturated heterocycles. The van der Waals surface area contributed by atoms with Crippen molar-refractivity contribution in [2.24, 2.45) is 0 Å². The molecule has 1 aromatic rings. The summed E-state index contributed by atoms with van der Waals surface area (Å²) in [5.74, 6) is 0. The number of hydrogen-bond acceptors (Lipinski definition) is 5. The highest BCUT2D eigenvalue weighted by Gasteiger charge is 2.25. The van der Waals surface area contributed by atoms with E-state index in [9.17, 15) is 8.42 Å². The molecule has 2 heterocycles. The van der Waals surface area contributed by atoms with E-state index in [1.807, 2.05) is 14.0 Å². The lowest BCUT2D eigenvalue weighted by atomic mass is 10.2. The van der Waals surface area contributed by atoms with Crippen LogP contribution in [0, 0.1) is 0 Å². The molecule has 5 nitrogen and oxygen atoms in total. The second-order valence-electron chi connectivity index (χ2n) is 5.26. The maximum absolute atomic E-state index is 12.4. The summed E-state index contributed by atoms with van der Waals surface area (Å²) in [6.45, 7) is 5.11. The van der Waals surface area contributed by atoms with Crippen LogP contribution in [-0.2, 0) is 16.6 Å². The number of nitrogens with zero attached hydrogens (tertiary/aromatic N) is 1. The molecule has 21 heavy (non-hydrogen) atoms. The van der Waals surface area contributed by atoms with E-state index in [0.29, 0.717) is 27.8 Å². The predicted octanol–water partition coefficient (Wildman–Crippen LogP) is 1.99. The van der Waals surface area contributed by atoms with Crippen LogP contribution in [0.5, 0.6) is 0 Å². The van der Waals surface area contributed by atoms with Crippen molar-refractivity contribution in [1.82, 2.24) is 14.9 Å². The Hall–Kier alpha value is 0.01000. The van der Waals surface area contributed by atoms with Crippen molar-refractivity contribution in [1.29, 1.82) is 0 Å². The molecule has 0 saturated carbocycles. The topological polar surface area (TPSA) is 61.4 Å². The number of likely N-dealkylation sites (N-methyl/N-ethyl adjacent to an activating group) is 1. The molecule has 1 aliphatic heterocycles. The molecule has 2 rings (SSSR count). The summed E-state index contributed by atoms with van der Waals surface area (Å²) in [7, 11) is -1.40. The van der Waals surface area contributed by atoms with Crippen LogP contribution >= 0.6 is 27.3 Å². The second-order valence-corrected chi connectivity index (χ2v) is 9.45. The third kappa shape index (κ3) is 4.49. The van der Waals surface area contributed by atoms with Gasteiger partial charge in [0.25, 0.3) is 0 Å². The highest BCUT2D eigenvalue weighted by molar-refractivity contribution is 9.11. The Balaban J connectivity index is 2.03. The van der Waals surface area contributed by atoms with Crippen LogP contribution in [-0.4, -0.2) is 46.0 Å². The summed E-state index contributed by atoms with van der Waals surface area (Å²) >= 11 is 4.84. The first-order valence-electron chi connectivity index (χ1n) is 7.13. The number of rotatable bonds is 7. The number of thiophene rings is 1. The number of nitrogens with one attached hydrogen (secondary N) is 2. The van der Waals surface area contributed by atoms with Crippen LogP contribution in [0.2, 0.25) is 0 Å². The minimum Gasteiger partial charge on any atom is -0.312 e. The molecule has 120 valence electrons. The fourth-order valence-corrected chi connectivity index (χ4v) is 6.16.